The highest BCUT2D eigenvalue weighted by atomic mass is 35.5. The lowest BCUT2D eigenvalue weighted by atomic mass is 9.90. The summed E-state index contributed by atoms with van der Waals surface area (Å²) < 4.78 is 28.2. The third kappa shape index (κ3) is 3.91. The largest absolute Gasteiger partial charge is 0.481 e. The van der Waals surface area contributed by atoms with Gasteiger partial charge in [-0.25, -0.2) is 8.78 Å². The van der Waals surface area contributed by atoms with E-state index in [-0.39, 0.29) is 30.2 Å². The maximum Gasteiger partial charge on any atom is 0.305 e. The second kappa shape index (κ2) is 7.73. The molecule has 0 radical (unpaired) electrons. The molecule has 0 aliphatic carbocycles. The second-order valence-electron chi connectivity index (χ2n) is 5.76. The third-order valence-corrected chi connectivity index (χ3v) is 3.97. The van der Waals surface area contributed by atoms with Gasteiger partial charge in [0, 0.05) is 11.6 Å². The van der Waals surface area contributed by atoms with Crippen LogP contribution in [0.4, 0.5) is 8.78 Å². The molecule has 6 heteroatoms. The lowest BCUT2D eigenvalue weighted by Gasteiger charge is -2.17. The minimum atomic E-state index is -1.10. The molecule has 3 nitrogen and oxygen atoms in total. The van der Waals surface area contributed by atoms with Gasteiger partial charge in [-0.3, -0.25) is 4.79 Å². The van der Waals surface area contributed by atoms with E-state index >= 15 is 0 Å². The van der Waals surface area contributed by atoms with Gasteiger partial charge in [0.25, 0.3) is 0 Å². The zero-order chi connectivity index (χ0) is 17.3. The Morgan fingerprint density at radius 1 is 1.17 bits per heavy atom. The summed E-state index contributed by atoms with van der Waals surface area (Å²) in [7, 11) is 0. The average Bonchev–Trinajstić information content (AvgIpc) is 2.46. The monoisotopic (exact) mass is 355 g/mol. The van der Waals surface area contributed by atoms with Crippen molar-refractivity contribution in [2.45, 2.75) is 33.2 Å². The summed E-state index contributed by atoms with van der Waals surface area (Å²) in [5.74, 6) is -1.96. The van der Waals surface area contributed by atoms with Gasteiger partial charge in [-0.2, -0.15) is 0 Å². The van der Waals surface area contributed by atoms with Gasteiger partial charge in [-0.05, 0) is 66.8 Å². The number of hydrogen-bond donors (Lipinski definition) is 2. The fourth-order valence-electron chi connectivity index (χ4n) is 2.77. The van der Waals surface area contributed by atoms with E-state index in [1.807, 2.05) is 6.92 Å². The van der Waals surface area contributed by atoms with Gasteiger partial charge in [-0.1, -0.05) is 6.07 Å². The van der Waals surface area contributed by atoms with Crippen molar-refractivity contribution in [3.8, 4) is 11.1 Å². The minimum Gasteiger partial charge on any atom is -0.481 e. The molecule has 0 saturated carbocycles. The van der Waals surface area contributed by atoms with Crippen LogP contribution in [-0.2, 0) is 4.79 Å². The first-order valence-corrected chi connectivity index (χ1v) is 7.25. The van der Waals surface area contributed by atoms with E-state index in [1.54, 1.807) is 26.0 Å². The quantitative estimate of drug-likeness (QED) is 0.851. The SMILES string of the molecule is Cc1cc(-c2c(C)ccc(F)c2C)cc(C(N)CC(=O)O)c1F.Cl. The zero-order valence-electron chi connectivity index (χ0n) is 13.7. The number of hydrogen-bond acceptors (Lipinski definition) is 2. The zero-order valence-corrected chi connectivity index (χ0v) is 14.5. The Bertz CT molecular complexity index is 778. The summed E-state index contributed by atoms with van der Waals surface area (Å²) in [4.78, 5) is 10.8. The maximum atomic E-state index is 14.3. The Hall–Kier alpha value is -1.98. The minimum absolute atomic E-state index is 0. The topological polar surface area (TPSA) is 63.3 Å². The fourth-order valence-corrected chi connectivity index (χ4v) is 2.77. The molecular formula is C18H20ClF2NO2. The Morgan fingerprint density at radius 2 is 1.79 bits per heavy atom. The number of aryl methyl sites for hydroxylation is 2. The van der Waals surface area contributed by atoms with Gasteiger partial charge >= 0.3 is 5.97 Å². The van der Waals surface area contributed by atoms with Crippen molar-refractivity contribution < 1.29 is 18.7 Å². The number of aliphatic carboxylic acids is 1. The molecule has 0 amide bonds. The van der Waals surface area contributed by atoms with E-state index in [1.165, 1.54) is 12.1 Å². The molecule has 0 bridgehead atoms. The summed E-state index contributed by atoms with van der Waals surface area (Å²) in [5.41, 5.74) is 8.93. The standard InChI is InChI=1S/C18H19F2NO2.ClH/c1-9-4-5-14(19)11(3)17(9)12-6-10(2)18(20)13(7-12)15(21)8-16(22)23;/h4-7,15H,8,21H2,1-3H3,(H,22,23);1H. The fraction of sp³-hybridized carbons (Fsp3) is 0.278. The van der Waals surface area contributed by atoms with Crippen molar-refractivity contribution in [1.29, 1.82) is 0 Å². The van der Waals surface area contributed by atoms with E-state index in [9.17, 15) is 13.6 Å². The van der Waals surface area contributed by atoms with Crippen LogP contribution in [0, 0.1) is 32.4 Å². The Labute approximate surface area is 145 Å². The molecule has 0 saturated heterocycles. The summed E-state index contributed by atoms with van der Waals surface area (Å²) in [6, 6.07) is 5.24. The molecule has 130 valence electrons. The van der Waals surface area contributed by atoms with E-state index in [0.29, 0.717) is 22.3 Å². The molecule has 0 fully saturated rings. The van der Waals surface area contributed by atoms with Gasteiger partial charge in [0.15, 0.2) is 0 Å². The molecule has 2 rings (SSSR count). The number of rotatable bonds is 4. The summed E-state index contributed by atoms with van der Waals surface area (Å²) in [6.45, 7) is 5.09. The molecule has 0 spiro atoms. The Balaban J connectivity index is 0.00000288. The number of carboxylic acid groups (broad SMARTS) is 1. The number of carbonyl (C=O) groups is 1. The Morgan fingerprint density at radius 3 is 2.38 bits per heavy atom. The molecule has 1 unspecified atom stereocenters. The van der Waals surface area contributed by atoms with Crippen LogP contribution in [0.1, 0.15) is 34.7 Å². The molecule has 3 N–H and O–H groups in total. The smallest absolute Gasteiger partial charge is 0.305 e. The first-order valence-electron chi connectivity index (χ1n) is 7.25. The molecule has 2 aromatic rings. The Kier molecular flexibility index (Phi) is 6.46. The van der Waals surface area contributed by atoms with Crippen LogP contribution in [0.15, 0.2) is 24.3 Å². The molecule has 0 aliphatic heterocycles. The average molecular weight is 356 g/mol. The van der Waals surface area contributed by atoms with Crippen molar-refractivity contribution in [1.82, 2.24) is 0 Å². The molecule has 0 aromatic heterocycles. The number of nitrogens with two attached hydrogens (primary N) is 1. The molecule has 24 heavy (non-hydrogen) atoms. The molecule has 2 aromatic carbocycles. The predicted molar refractivity (Wildman–Crippen MR) is 92.4 cm³/mol. The van der Waals surface area contributed by atoms with Crippen LogP contribution in [0.25, 0.3) is 11.1 Å². The van der Waals surface area contributed by atoms with Crippen LogP contribution in [0.2, 0.25) is 0 Å². The lowest BCUT2D eigenvalue weighted by molar-refractivity contribution is -0.137. The van der Waals surface area contributed by atoms with E-state index in [0.717, 1.165) is 5.56 Å². The predicted octanol–water partition coefficient (Wildman–Crippen LogP) is 4.45. The first-order chi connectivity index (χ1) is 10.7. The van der Waals surface area contributed by atoms with Crippen LogP contribution in [0.3, 0.4) is 0 Å². The maximum absolute atomic E-state index is 14.3. The van der Waals surface area contributed by atoms with E-state index in [2.05, 4.69) is 0 Å². The van der Waals surface area contributed by atoms with Gasteiger partial charge in [0.1, 0.15) is 11.6 Å². The highest BCUT2D eigenvalue weighted by Gasteiger charge is 2.19. The summed E-state index contributed by atoms with van der Waals surface area (Å²) in [6.07, 6.45) is -0.374. The molecule has 0 aliphatic rings. The molecular weight excluding hydrogens is 336 g/mol. The number of halogens is 3. The highest BCUT2D eigenvalue weighted by Crippen LogP contribution is 2.33. The van der Waals surface area contributed by atoms with Gasteiger partial charge in [0.05, 0.1) is 6.42 Å². The second-order valence-corrected chi connectivity index (χ2v) is 5.76. The van der Waals surface area contributed by atoms with Crippen molar-refractivity contribution in [2.75, 3.05) is 0 Å². The third-order valence-electron chi connectivity index (χ3n) is 3.97. The number of benzene rings is 2. The first kappa shape index (κ1) is 20.1. The normalized spacial score (nSPS) is 11.8. The summed E-state index contributed by atoms with van der Waals surface area (Å²) in [5, 5.41) is 8.86. The lowest BCUT2D eigenvalue weighted by Crippen LogP contribution is -2.17. The van der Waals surface area contributed by atoms with Crippen molar-refractivity contribution in [3.63, 3.8) is 0 Å². The van der Waals surface area contributed by atoms with Crippen LogP contribution in [-0.4, -0.2) is 11.1 Å². The van der Waals surface area contributed by atoms with E-state index in [4.69, 9.17) is 10.8 Å². The van der Waals surface area contributed by atoms with Crippen LogP contribution in [0.5, 0.6) is 0 Å². The van der Waals surface area contributed by atoms with Crippen LogP contribution >= 0.6 is 12.4 Å². The highest BCUT2D eigenvalue weighted by molar-refractivity contribution is 5.85. The van der Waals surface area contributed by atoms with Crippen LogP contribution < -0.4 is 5.73 Å². The van der Waals surface area contributed by atoms with Gasteiger partial charge < -0.3 is 10.8 Å². The number of carboxylic acids is 1. The van der Waals surface area contributed by atoms with E-state index < -0.39 is 17.8 Å². The summed E-state index contributed by atoms with van der Waals surface area (Å²) >= 11 is 0. The van der Waals surface area contributed by atoms with Crippen molar-refractivity contribution in [3.05, 3.63) is 58.2 Å². The van der Waals surface area contributed by atoms with Crippen molar-refractivity contribution >= 4 is 18.4 Å². The van der Waals surface area contributed by atoms with Crippen molar-refractivity contribution in [2.24, 2.45) is 5.73 Å². The molecule has 0 heterocycles. The molecule has 1 atom stereocenters. The van der Waals surface area contributed by atoms with Gasteiger partial charge in [0.2, 0.25) is 0 Å². The van der Waals surface area contributed by atoms with Gasteiger partial charge in [-0.15, -0.1) is 12.4 Å².